The number of nitrogens with one attached hydrogen (secondary N) is 1. The van der Waals surface area contributed by atoms with Gasteiger partial charge in [-0.3, -0.25) is 9.59 Å². The maximum atomic E-state index is 12.3. The van der Waals surface area contributed by atoms with Crippen molar-refractivity contribution in [3.8, 4) is 23.0 Å². The van der Waals surface area contributed by atoms with Crippen LogP contribution in [0.15, 0.2) is 36.4 Å². The van der Waals surface area contributed by atoms with E-state index in [1.165, 1.54) is 26.4 Å². The Balaban J connectivity index is 1.84. The molecular weight excluding hydrogens is 474 g/mol. The van der Waals surface area contributed by atoms with E-state index in [2.05, 4.69) is 5.32 Å². The summed E-state index contributed by atoms with van der Waals surface area (Å²) in [4.78, 5) is 34.3. The molecular formula is C25H27NO10. The number of benzene rings is 2. The minimum absolute atomic E-state index is 0.0336. The predicted molar refractivity (Wildman–Crippen MR) is 126 cm³/mol. The first kappa shape index (κ1) is 26.4. The van der Waals surface area contributed by atoms with Crippen LogP contribution in [0.1, 0.15) is 41.6 Å². The molecule has 2 aromatic rings. The number of ether oxygens (including phenoxy) is 3. The zero-order valence-corrected chi connectivity index (χ0v) is 19.6. The van der Waals surface area contributed by atoms with Crippen LogP contribution in [-0.4, -0.2) is 65.1 Å². The average molecular weight is 501 g/mol. The van der Waals surface area contributed by atoms with Crippen LogP contribution in [0.25, 0.3) is 6.08 Å². The van der Waals surface area contributed by atoms with Crippen LogP contribution in [-0.2, 0) is 14.4 Å². The number of carbonyl (C=O) groups excluding carboxylic acids is 1. The van der Waals surface area contributed by atoms with Crippen molar-refractivity contribution in [2.24, 2.45) is 0 Å². The van der Waals surface area contributed by atoms with Gasteiger partial charge in [0.05, 0.1) is 26.7 Å². The number of aliphatic hydroxyl groups excluding tert-OH is 1. The van der Waals surface area contributed by atoms with Crippen molar-refractivity contribution < 1.29 is 49.0 Å². The highest BCUT2D eigenvalue weighted by Crippen LogP contribution is 2.51. The van der Waals surface area contributed by atoms with Crippen LogP contribution in [0.2, 0.25) is 0 Å². The van der Waals surface area contributed by atoms with E-state index in [4.69, 9.17) is 19.3 Å². The number of carboxylic acid groups (broad SMARTS) is 2. The molecule has 5 N–H and O–H groups in total. The number of hydrogen-bond donors (Lipinski definition) is 5. The molecule has 0 aliphatic carbocycles. The van der Waals surface area contributed by atoms with Gasteiger partial charge in [-0.25, -0.2) is 4.79 Å². The van der Waals surface area contributed by atoms with E-state index in [9.17, 15) is 29.7 Å². The third-order valence-electron chi connectivity index (χ3n) is 5.75. The van der Waals surface area contributed by atoms with E-state index in [0.29, 0.717) is 28.2 Å². The molecule has 3 rings (SSSR count). The molecule has 0 fully saturated rings. The second-order valence-electron chi connectivity index (χ2n) is 8.07. The Hall–Kier alpha value is -4.25. The summed E-state index contributed by atoms with van der Waals surface area (Å²) in [5, 5.41) is 40.3. The van der Waals surface area contributed by atoms with E-state index < -0.39 is 42.3 Å². The topological polar surface area (TPSA) is 172 Å². The summed E-state index contributed by atoms with van der Waals surface area (Å²) < 4.78 is 16.8. The molecule has 1 aliphatic heterocycles. The smallest absolute Gasteiger partial charge is 0.326 e. The average Bonchev–Trinajstić information content (AvgIpc) is 3.23. The molecule has 0 saturated carbocycles. The molecule has 192 valence electrons. The molecule has 1 amide bonds. The Kier molecular flexibility index (Phi) is 8.38. The molecule has 0 saturated heterocycles. The third kappa shape index (κ3) is 5.87. The van der Waals surface area contributed by atoms with E-state index in [0.717, 1.165) is 6.08 Å². The summed E-state index contributed by atoms with van der Waals surface area (Å²) in [6, 6.07) is 6.76. The fourth-order valence-electron chi connectivity index (χ4n) is 3.95. The molecule has 11 heteroatoms. The number of aliphatic carboxylic acids is 2. The van der Waals surface area contributed by atoms with Gasteiger partial charge in [0.1, 0.15) is 12.1 Å². The van der Waals surface area contributed by atoms with Gasteiger partial charge in [-0.05, 0) is 47.9 Å². The first-order chi connectivity index (χ1) is 17.2. The molecule has 1 heterocycles. The Morgan fingerprint density at radius 2 is 1.83 bits per heavy atom. The van der Waals surface area contributed by atoms with Gasteiger partial charge in [0.25, 0.3) is 0 Å². The molecule has 36 heavy (non-hydrogen) atoms. The van der Waals surface area contributed by atoms with Crippen molar-refractivity contribution in [3.05, 3.63) is 53.1 Å². The van der Waals surface area contributed by atoms with Crippen LogP contribution >= 0.6 is 0 Å². The Bertz CT molecular complexity index is 1180. The first-order valence-corrected chi connectivity index (χ1v) is 11.0. The molecule has 11 nitrogen and oxygen atoms in total. The van der Waals surface area contributed by atoms with Crippen LogP contribution in [0.5, 0.6) is 23.0 Å². The fraction of sp³-hybridized carbons (Fsp3) is 0.320. The predicted octanol–water partition coefficient (Wildman–Crippen LogP) is 2.07. The first-order valence-electron chi connectivity index (χ1n) is 11.0. The molecule has 0 spiro atoms. The van der Waals surface area contributed by atoms with Crippen molar-refractivity contribution in [3.63, 3.8) is 0 Å². The number of methoxy groups -OCH3 is 2. The second-order valence-corrected chi connectivity index (χ2v) is 8.07. The van der Waals surface area contributed by atoms with E-state index in [-0.39, 0.29) is 24.5 Å². The van der Waals surface area contributed by atoms with Gasteiger partial charge in [0.15, 0.2) is 23.0 Å². The van der Waals surface area contributed by atoms with Gasteiger partial charge >= 0.3 is 11.9 Å². The highest BCUT2D eigenvalue weighted by Gasteiger charge is 2.38. The Morgan fingerprint density at radius 1 is 1.11 bits per heavy atom. The van der Waals surface area contributed by atoms with Crippen molar-refractivity contribution in [2.45, 2.75) is 30.9 Å². The number of hydrogen-bond acceptors (Lipinski definition) is 8. The maximum Gasteiger partial charge on any atom is 0.326 e. The third-order valence-corrected chi connectivity index (χ3v) is 5.75. The van der Waals surface area contributed by atoms with Gasteiger partial charge in [-0.1, -0.05) is 6.07 Å². The van der Waals surface area contributed by atoms with Crippen LogP contribution < -0.4 is 19.5 Å². The molecule has 0 bridgehead atoms. The standard InChI is InChI=1S/C25H27NO10/c1-34-19-11-14(4-6-18(19)28)23-16(12-27)15-9-13(10-20(35-2)24(15)36-23)3-7-21(29)26-17(25(32)33)5-8-22(30)31/h3-4,6-7,9-11,16-17,23,27-28H,5,8,12H2,1-2H3,(H,26,29)(H,30,31)(H,32,33)/t16-,17+,23+/m0/s1. The Morgan fingerprint density at radius 3 is 2.44 bits per heavy atom. The molecule has 0 aromatic heterocycles. The Labute approximate surface area is 206 Å². The van der Waals surface area contributed by atoms with Crippen molar-refractivity contribution in [1.29, 1.82) is 0 Å². The molecule has 3 atom stereocenters. The summed E-state index contributed by atoms with van der Waals surface area (Å²) in [5.74, 6) is -2.69. The molecule has 1 aliphatic rings. The van der Waals surface area contributed by atoms with Crippen molar-refractivity contribution in [1.82, 2.24) is 5.32 Å². The van der Waals surface area contributed by atoms with E-state index in [1.54, 1.807) is 24.3 Å². The summed E-state index contributed by atoms with van der Waals surface area (Å²) >= 11 is 0. The number of phenols is 1. The minimum atomic E-state index is -1.34. The van der Waals surface area contributed by atoms with E-state index >= 15 is 0 Å². The lowest BCUT2D eigenvalue weighted by Gasteiger charge is -2.18. The molecule has 0 unspecified atom stereocenters. The van der Waals surface area contributed by atoms with Crippen LogP contribution in [0, 0.1) is 0 Å². The number of rotatable bonds is 11. The number of aliphatic hydroxyl groups is 1. The van der Waals surface area contributed by atoms with Crippen molar-refractivity contribution in [2.75, 3.05) is 20.8 Å². The minimum Gasteiger partial charge on any atom is -0.504 e. The number of carboxylic acids is 2. The molecule has 2 aromatic carbocycles. The summed E-state index contributed by atoms with van der Waals surface area (Å²) in [7, 11) is 2.87. The van der Waals surface area contributed by atoms with Gasteiger partial charge < -0.3 is 40.0 Å². The zero-order chi connectivity index (χ0) is 26.4. The lowest BCUT2D eigenvalue weighted by molar-refractivity contribution is -0.142. The monoisotopic (exact) mass is 501 g/mol. The number of amides is 1. The summed E-state index contributed by atoms with van der Waals surface area (Å²) in [5.41, 5.74) is 1.84. The van der Waals surface area contributed by atoms with E-state index in [1.807, 2.05) is 0 Å². The zero-order valence-electron chi connectivity index (χ0n) is 19.6. The summed E-state index contributed by atoms with van der Waals surface area (Å²) in [6.07, 6.45) is 1.32. The fourth-order valence-corrected chi connectivity index (χ4v) is 3.95. The highest BCUT2D eigenvalue weighted by atomic mass is 16.5. The number of carbonyl (C=O) groups is 3. The quantitative estimate of drug-likeness (QED) is 0.287. The number of fused-ring (bicyclic) bond motifs is 1. The largest absolute Gasteiger partial charge is 0.504 e. The maximum absolute atomic E-state index is 12.3. The number of aromatic hydroxyl groups is 1. The molecule has 0 radical (unpaired) electrons. The van der Waals surface area contributed by atoms with Crippen molar-refractivity contribution >= 4 is 23.9 Å². The SMILES string of the molecule is COc1cc([C@H]2Oc3c(OC)cc(C=CC(=O)N[C@H](CCC(=O)O)C(=O)O)cc3[C@@H]2CO)ccc1O. The van der Waals surface area contributed by atoms with Gasteiger partial charge in [-0.2, -0.15) is 0 Å². The second kappa shape index (κ2) is 11.5. The number of phenolic OH excluding ortho intramolecular Hbond substituents is 1. The van der Waals surface area contributed by atoms with Gasteiger partial charge in [0, 0.05) is 18.1 Å². The highest BCUT2D eigenvalue weighted by molar-refractivity contribution is 5.94. The lowest BCUT2D eigenvalue weighted by Crippen LogP contribution is -2.40. The lowest BCUT2D eigenvalue weighted by atomic mass is 9.90. The van der Waals surface area contributed by atoms with Crippen LogP contribution in [0.3, 0.4) is 0 Å². The van der Waals surface area contributed by atoms with Crippen LogP contribution in [0.4, 0.5) is 0 Å². The van der Waals surface area contributed by atoms with Gasteiger partial charge in [-0.15, -0.1) is 0 Å². The van der Waals surface area contributed by atoms with Gasteiger partial charge in [0.2, 0.25) is 5.91 Å². The summed E-state index contributed by atoms with van der Waals surface area (Å²) in [6.45, 7) is -0.262. The normalized spacial score (nSPS) is 17.2.